The number of carbonyl (C=O) groups excluding carboxylic acids is 1. The molecule has 3 rings (SSSR count). The van der Waals surface area contributed by atoms with Crippen LogP contribution in [0.3, 0.4) is 0 Å². The van der Waals surface area contributed by atoms with Crippen molar-refractivity contribution in [1.82, 2.24) is 9.88 Å². The van der Waals surface area contributed by atoms with E-state index in [1.54, 1.807) is 31.5 Å². The first-order chi connectivity index (χ1) is 13.2. The van der Waals surface area contributed by atoms with Crippen LogP contribution in [0.15, 0.2) is 42.6 Å². The Hall–Kier alpha value is -2.67. The lowest BCUT2D eigenvalue weighted by Crippen LogP contribution is -2.48. The number of methoxy groups -OCH3 is 1. The molecule has 6 nitrogen and oxygen atoms in total. The van der Waals surface area contributed by atoms with Gasteiger partial charge in [-0.3, -0.25) is 4.79 Å². The molecule has 0 aliphatic carbocycles. The number of aromatic nitrogens is 1. The Labute approximate surface area is 158 Å². The van der Waals surface area contributed by atoms with Gasteiger partial charge in [0.25, 0.3) is 5.91 Å². The molecule has 0 saturated carbocycles. The minimum Gasteiger partial charge on any atom is -0.385 e. The van der Waals surface area contributed by atoms with E-state index < -0.39 is 0 Å². The van der Waals surface area contributed by atoms with Crippen molar-refractivity contribution in [2.75, 3.05) is 56.7 Å². The van der Waals surface area contributed by atoms with Crippen LogP contribution in [0.25, 0.3) is 0 Å². The smallest absolute Gasteiger partial charge is 0.255 e. The van der Waals surface area contributed by atoms with Crippen molar-refractivity contribution in [2.45, 2.75) is 6.42 Å². The van der Waals surface area contributed by atoms with Crippen LogP contribution in [0.1, 0.15) is 16.8 Å². The highest BCUT2D eigenvalue weighted by molar-refractivity contribution is 5.94. The summed E-state index contributed by atoms with van der Waals surface area (Å²) in [5.41, 5.74) is 1.57. The highest BCUT2D eigenvalue weighted by Gasteiger charge is 2.22. The van der Waals surface area contributed by atoms with E-state index in [2.05, 4.69) is 15.2 Å². The Bertz CT molecular complexity index is 729. The summed E-state index contributed by atoms with van der Waals surface area (Å²) in [5.74, 6) is 0.507. The van der Waals surface area contributed by atoms with E-state index in [1.165, 1.54) is 12.1 Å². The molecule has 27 heavy (non-hydrogen) atoms. The zero-order valence-corrected chi connectivity index (χ0v) is 15.5. The number of carbonyl (C=O) groups is 1. The van der Waals surface area contributed by atoms with Gasteiger partial charge in [-0.15, -0.1) is 0 Å². The van der Waals surface area contributed by atoms with Gasteiger partial charge in [0.05, 0.1) is 5.56 Å². The molecule has 1 aliphatic heterocycles. The molecule has 0 radical (unpaired) electrons. The molecule has 1 saturated heterocycles. The Morgan fingerprint density at radius 3 is 2.52 bits per heavy atom. The average molecular weight is 372 g/mol. The van der Waals surface area contributed by atoms with E-state index >= 15 is 0 Å². The molecule has 1 fully saturated rings. The number of halogens is 1. The van der Waals surface area contributed by atoms with E-state index in [1.807, 2.05) is 11.0 Å². The number of rotatable bonds is 7. The summed E-state index contributed by atoms with van der Waals surface area (Å²) in [4.78, 5) is 21.0. The maximum atomic E-state index is 13.1. The third-order valence-electron chi connectivity index (χ3n) is 4.60. The van der Waals surface area contributed by atoms with Crippen molar-refractivity contribution < 1.29 is 13.9 Å². The molecule has 1 aliphatic rings. The zero-order valence-electron chi connectivity index (χ0n) is 15.5. The van der Waals surface area contributed by atoms with Crippen LogP contribution in [0.4, 0.5) is 15.9 Å². The average Bonchev–Trinajstić information content (AvgIpc) is 2.72. The van der Waals surface area contributed by atoms with E-state index in [9.17, 15) is 9.18 Å². The fourth-order valence-corrected chi connectivity index (χ4v) is 3.06. The lowest BCUT2D eigenvalue weighted by atomic mass is 10.2. The van der Waals surface area contributed by atoms with Crippen LogP contribution in [0.2, 0.25) is 0 Å². The number of nitrogens with one attached hydrogen (secondary N) is 1. The number of nitrogens with zero attached hydrogens (tertiary/aromatic N) is 3. The summed E-state index contributed by atoms with van der Waals surface area (Å²) < 4.78 is 18.1. The van der Waals surface area contributed by atoms with Crippen molar-refractivity contribution >= 4 is 17.4 Å². The van der Waals surface area contributed by atoms with Crippen LogP contribution >= 0.6 is 0 Å². The molecule has 0 spiro atoms. The topological polar surface area (TPSA) is 57.7 Å². The minimum absolute atomic E-state index is 0.00723. The van der Waals surface area contributed by atoms with E-state index in [-0.39, 0.29) is 11.7 Å². The van der Waals surface area contributed by atoms with E-state index in [4.69, 9.17) is 4.74 Å². The standard InChI is InChI=1S/C20H25FN4O2/c1-27-14-2-9-22-19-8-3-16(15-23-19)20(26)25-12-10-24(11-13-25)18-6-4-17(21)5-7-18/h3-8,15H,2,9-14H2,1H3,(H,22,23). The molecular formula is C20H25FN4O2. The third-order valence-corrected chi connectivity index (χ3v) is 4.60. The van der Waals surface area contributed by atoms with Crippen LogP contribution in [-0.2, 0) is 4.74 Å². The molecular weight excluding hydrogens is 347 g/mol. The van der Waals surface area contributed by atoms with Gasteiger partial charge in [-0.05, 0) is 42.8 Å². The normalized spacial score (nSPS) is 14.3. The SMILES string of the molecule is COCCCNc1ccc(C(=O)N2CCN(c3ccc(F)cc3)CC2)cn1. The summed E-state index contributed by atoms with van der Waals surface area (Å²) in [6, 6.07) is 10.1. The molecule has 144 valence electrons. The molecule has 1 aromatic heterocycles. The van der Waals surface area contributed by atoms with E-state index in [0.717, 1.165) is 37.6 Å². The first-order valence-electron chi connectivity index (χ1n) is 9.16. The summed E-state index contributed by atoms with van der Waals surface area (Å²) in [7, 11) is 1.68. The van der Waals surface area contributed by atoms with Crippen LogP contribution < -0.4 is 10.2 Å². The fraction of sp³-hybridized carbons (Fsp3) is 0.400. The quantitative estimate of drug-likeness (QED) is 0.757. The minimum atomic E-state index is -0.239. The Morgan fingerprint density at radius 1 is 1.15 bits per heavy atom. The van der Waals surface area contributed by atoms with Crippen molar-refractivity contribution in [2.24, 2.45) is 0 Å². The second kappa shape index (κ2) is 9.32. The maximum Gasteiger partial charge on any atom is 0.255 e. The molecule has 1 N–H and O–H groups in total. The van der Waals surface area contributed by atoms with Gasteiger partial charge in [0.2, 0.25) is 0 Å². The number of hydrogen-bond acceptors (Lipinski definition) is 5. The molecule has 1 amide bonds. The Kier molecular flexibility index (Phi) is 6.59. The third kappa shape index (κ3) is 5.17. The lowest BCUT2D eigenvalue weighted by Gasteiger charge is -2.36. The molecule has 2 heterocycles. The first-order valence-corrected chi connectivity index (χ1v) is 9.16. The van der Waals surface area contributed by atoms with Crippen LogP contribution in [0, 0.1) is 5.82 Å². The number of hydrogen-bond donors (Lipinski definition) is 1. The second-order valence-corrected chi connectivity index (χ2v) is 6.46. The van der Waals surface area contributed by atoms with Crippen LogP contribution in [0.5, 0.6) is 0 Å². The fourth-order valence-electron chi connectivity index (χ4n) is 3.06. The van der Waals surface area contributed by atoms with Gasteiger partial charge in [0.1, 0.15) is 11.6 Å². The largest absolute Gasteiger partial charge is 0.385 e. The number of ether oxygens (including phenoxy) is 1. The summed E-state index contributed by atoms with van der Waals surface area (Å²) in [6.07, 6.45) is 2.52. The van der Waals surface area contributed by atoms with E-state index in [0.29, 0.717) is 25.3 Å². The Morgan fingerprint density at radius 2 is 1.89 bits per heavy atom. The monoisotopic (exact) mass is 372 g/mol. The number of anilines is 2. The number of pyridine rings is 1. The zero-order chi connectivity index (χ0) is 19.1. The molecule has 7 heteroatoms. The summed E-state index contributed by atoms with van der Waals surface area (Å²) in [6.45, 7) is 4.20. The Balaban J connectivity index is 1.50. The van der Waals surface area contributed by atoms with Crippen molar-refractivity contribution in [3.05, 3.63) is 54.0 Å². The van der Waals surface area contributed by atoms with Crippen LogP contribution in [-0.4, -0.2) is 62.2 Å². The van der Waals surface area contributed by atoms with Gasteiger partial charge in [0.15, 0.2) is 0 Å². The highest BCUT2D eigenvalue weighted by Crippen LogP contribution is 2.18. The predicted octanol–water partition coefficient (Wildman–Crippen LogP) is 2.63. The van der Waals surface area contributed by atoms with Gasteiger partial charge in [0, 0.05) is 58.3 Å². The maximum absolute atomic E-state index is 13.1. The molecule has 1 aromatic carbocycles. The van der Waals surface area contributed by atoms with Gasteiger partial charge in [-0.2, -0.15) is 0 Å². The van der Waals surface area contributed by atoms with Gasteiger partial charge >= 0.3 is 0 Å². The number of amides is 1. The first kappa shape index (κ1) is 19.1. The second-order valence-electron chi connectivity index (χ2n) is 6.46. The van der Waals surface area contributed by atoms with Crippen molar-refractivity contribution in [3.8, 4) is 0 Å². The van der Waals surface area contributed by atoms with Crippen molar-refractivity contribution in [1.29, 1.82) is 0 Å². The molecule has 0 unspecified atom stereocenters. The predicted molar refractivity (Wildman–Crippen MR) is 104 cm³/mol. The number of benzene rings is 1. The number of piperazine rings is 1. The van der Waals surface area contributed by atoms with Gasteiger partial charge in [-0.25, -0.2) is 9.37 Å². The van der Waals surface area contributed by atoms with Gasteiger partial charge in [-0.1, -0.05) is 0 Å². The lowest BCUT2D eigenvalue weighted by molar-refractivity contribution is 0.0746. The van der Waals surface area contributed by atoms with Gasteiger partial charge < -0.3 is 19.9 Å². The summed E-state index contributed by atoms with van der Waals surface area (Å²) >= 11 is 0. The molecule has 0 atom stereocenters. The highest BCUT2D eigenvalue weighted by atomic mass is 19.1. The summed E-state index contributed by atoms with van der Waals surface area (Å²) in [5, 5.41) is 3.20. The van der Waals surface area contributed by atoms with Crippen molar-refractivity contribution in [3.63, 3.8) is 0 Å². The molecule has 2 aromatic rings. The molecule has 0 bridgehead atoms.